The van der Waals surface area contributed by atoms with Gasteiger partial charge in [-0.2, -0.15) is 0 Å². The maximum absolute atomic E-state index is 12.7. The molecule has 0 saturated heterocycles. The molecular formula is C19H22N4OS. The summed E-state index contributed by atoms with van der Waals surface area (Å²) in [5.74, 6) is 0.428. The van der Waals surface area contributed by atoms with Crippen LogP contribution < -0.4 is 5.32 Å². The molecule has 0 saturated carbocycles. The molecule has 1 N–H and O–H groups in total. The average molecular weight is 354 g/mol. The summed E-state index contributed by atoms with van der Waals surface area (Å²) in [6, 6.07) is 10.5. The van der Waals surface area contributed by atoms with E-state index >= 15 is 0 Å². The number of carbonyl (C=O) groups excluding carboxylic acids is 1. The Bertz CT molecular complexity index is 911. The minimum atomic E-state index is -0.0663. The first-order chi connectivity index (χ1) is 12.1. The van der Waals surface area contributed by atoms with Crippen LogP contribution in [-0.4, -0.2) is 27.0 Å². The third-order valence-corrected chi connectivity index (χ3v) is 5.87. The van der Waals surface area contributed by atoms with Crippen LogP contribution in [0.25, 0.3) is 10.9 Å². The number of rotatable bonds is 2. The number of aromatic nitrogens is 2. The molecule has 0 bridgehead atoms. The van der Waals surface area contributed by atoms with E-state index in [0.29, 0.717) is 17.6 Å². The molecule has 0 fully saturated rings. The van der Waals surface area contributed by atoms with Gasteiger partial charge in [0.25, 0.3) is 0 Å². The van der Waals surface area contributed by atoms with E-state index in [1.807, 2.05) is 11.1 Å². The summed E-state index contributed by atoms with van der Waals surface area (Å²) >= 11 is 1.55. The van der Waals surface area contributed by atoms with Gasteiger partial charge in [-0.05, 0) is 29.9 Å². The van der Waals surface area contributed by atoms with Gasteiger partial charge >= 0.3 is 6.03 Å². The lowest BCUT2D eigenvalue weighted by Gasteiger charge is -2.19. The lowest BCUT2D eigenvalue weighted by Crippen LogP contribution is -2.34. The van der Waals surface area contributed by atoms with E-state index in [4.69, 9.17) is 0 Å². The topological polar surface area (TPSA) is 50.2 Å². The van der Waals surface area contributed by atoms with Crippen molar-refractivity contribution in [3.63, 3.8) is 0 Å². The van der Waals surface area contributed by atoms with Crippen molar-refractivity contribution in [3.8, 4) is 0 Å². The monoisotopic (exact) mass is 354 g/mol. The summed E-state index contributed by atoms with van der Waals surface area (Å²) in [6.07, 6.45) is 2.81. The Kier molecular flexibility index (Phi) is 4.21. The highest BCUT2D eigenvalue weighted by Gasteiger charge is 2.21. The van der Waals surface area contributed by atoms with Crippen molar-refractivity contribution >= 4 is 33.4 Å². The zero-order chi connectivity index (χ0) is 17.4. The van der Waals surface area contributed by atoms with E-state index in [1.54, 1.807) is 11.3 Å². The predicted octanol–water partition coefficient (Wildman–Crippen LogP) is 4.66. The number of urea groups is 1. The maximum Gasteiger partial charge on any atom is 0.323 e. The van der Waals surface area contributed by atoms with Crippen molar-refractivity contribution in [1.82, 2.24) is 14.5 Å². The standard InChI is InChI=1S/C19H22N4OS/c1-13(2)17-11-20-18(25-17)21-19(24)22-8-5-9-23-15(12-22)10-14-6-3-4-7-16(14)23/h3-4,6-7,10-11,13H,5,8-9,12H2,1-2H3,(H,20,21,24). The van der Waals surface area contributed by atoms with Gasteiger partial charge in [-0.3, -0.25) is 5.32 Å². The minimum Gasteiger partial charge on any atom is -0.343 e. The van der Waals surface area contributed by atoms with Crippen LogP contribution in [0.4, 0.5) is 9.93 Å². The normalized spacial score (nSPS) is 14.6. The third kappa shape index (κ3) is 3.14. The summed E-state index contributed by atoms with van der Waals surface area (Å²) in [4.78, 5) is 20.1. The average Bonchev–Trinajstić information content (AvgIpc) is 3.13. The molecule has 0 unspecified atom stereocenters. The summed E-state index contributed by atoms with van der Waals surface area (Å²) in [7, 11) is 0. The molecule has 1 aliphatic rings. The van der Waals surface area contributed by atoms with E-state index in [-0.39, 0.29) is 6.03 Å². The fourth-order valence-electron chi connectivity index (χ4n) is 3.31. The van der Waals surface area contributed by atoms with Crippen molar-refractivity contribution in [1.29, 1.82) is 0 Å². The van der Waals surface area contributed by atoms with E-state index in [2.05, 4.69) is 59.0 Å². The van der Waals surface area contributed by atoms with Crippen molar-refractivity contribution in [2.45, 2.75) is 39.3 Å². The van der Waals surface area contributed by atoms with Crippen LogP contribution in [0.1, 0.15) is 36.8 Å². The molecule has 25 heavy (non-hydrogen) atoms. The SMILES string of the molecule is CC(C)c1cnc(NC(=O)N2CCCn3c(cc4ccccc43)C2)s1. The number of hydrogen-bond donors (Lipinski definition) is 1. The molecule has 0 aliphatic carbocycles. The lowest BCUT2D eigenvalue weighted by atomic mass is 10.2. The number of anilines is 1. The van der Waals surface area contributed by atoms with Gasteiger partial charge in [-0.15, -0.1) is 11.3 Å². The Morgan fingerprint density at radius 1 is 1.28 bits per heavy atom. The number of nitrogens with one attached hydrogen (secondary N) is 1. The molecule has 4 rings (SSSR count). The molecule has 6 heteroatoms. The van der Waals surface area contributed by atoms with E-state index in [0.717, 1.165) is 19.5 Å². The first kappa shape index (κ1) is 16.1. The first-order valence-electron chi connectivity index (χ1n) is 8.70. The number of thiazole rings is 1. The number of hydrogen-bond acceptors (Lipinski definition) is 3. The number of aryl methyl sites for hydroxylation is 1. The number of amides is 2. The number of benzene rings is 1. The second kappa shape index (κ2) is 6.52. The maximum atomic E-state index is 12.7. The van der Waals surface area contributed by atoms with Crippen molar-refractivity contribution in [2.24, 2.45) is 0 Å². The highest BCUT2D eigenvalue weighted by Crippen LogP contribution is 2.27. The van der Waals surface area contributed by atoms with Gasteiger partial charge < -0.3 is 9.47 Å². The second-order valence-corrected chi connectivity index (χ2v) is 7.84. The van der Waals surface area contributed by atoms with E-state index in [9.17, 15) is 4.79 Å². The summed E-state index contributed by atoms with van der Waals surface area (Å²) in [5.41, 5.74) is 2.44. The second-order valence-electron chi connectivity index (χ2n) is 6.77. The van der Waals surface area contributed by atoms with Gasteiger partial charge in [0.1, 0.15) is 0 Å². The van der Waals surface area contributed by atoms with Crippen LogP contribution >= 0.6 is 11.3 Å². The van der Waals surface area contributed by atoms with Gasteiger partial charge in [-0.25, -0.2) is 9.78 Å². The Labute approximate surface area is 151 Å². The first-order valence-corrected chi connectivity index (χ1v) is 9.52. The van der Waals surface area contributed by atoms with Crippen molar-refractivity contribution in [2.75, 3.05) is 11.9 Å². The molecule has 0 spiro atoms. The molecule has 5 nitrogen and oxygen atoms in total. The Hall–Kier alpha value is -2.34. The van der Waals surface area contributed by atoms with Crippen LogP contribution in [0, 0.1) is 0 Å². The molecule has 3 heterocycles. The van der Waals surface area contributed by atoms with Crippen LogP contribution in [0.3, 0.4) is 0 Å². The number of carbonyl (C=O) groups is 1. The van der Waals surface area contributed by atoms with Crippen LogP contribution in [0.2, 0.25) is 0 Å². The van der Waals surface area contributed by atoms with Crippen molar-refractivity contribution < 1.29 is 4.79 Å². The number of nitrogens with zero attached hydrogens (tertiary/aromatic N) is 3. The fourth-order valence-corrected chi connectivity index (χ4v) is 4.12. The number of para-hydroxylation sites is 1. The molecule has 130 valence electrons. The Morgan fingerprint density at radius 3 is 2.92 bits per heavy atom. The van der Waals surface area contributed by atoms with Gasteiger partial charge in [-0.1, -0.05) is 32.0 Å². The largest absolute Gasteiger partial charge is 0.343 e. The Morgan fingerprint density at radius 2 is 2.12 bits per heavy atom. The highest BCUT2D eigenvalue weighted by atomic mass is 32.1. The van der Waals surface area contributed by atoms with E-state index in [1.165, 1.54) is 21.5 Å². The lowest BCUT2D eigenvalue weighted by molar-refractivity contribution is 0.210. The molecule has 2 aromatic heterocycles. The summed E-state index contributed by atoms with van der Waals surface area (Å²) in [6.45, 7) is 6.59. The quantitative estimate of drug-likeness (QED) is 0.728. The molecule has 1 aromatic carbocycles. The summed E-state index contributed by atoms with van der Waals surface area (Å²) in [5, 5.41) is 4.88. The zero-order valence-electron chi connectivity index (χ0n) is 14.5. The molecular weight excluding hydrogens is 332 g/mol. The zero-order valence-corrected chi connectivity index (χ0v) is 15.3. The smallest absolute Gasteiger partial charge is 0.323 e. The van der Waals surface area contributed by atoms with Crippen LogP contribution in [-0.2, 0) is 13.1 Å². The van der Waals surface area contributed by atoms with Crippen LogP contribution in [0.5, 0.6) is 0 Å². The van der Waals surface area contributed by atoms with Gasteiger partial charge in [0.05, 0.1) is 6.54 Å². The van der Waals surface area contributed by atoms with Crippen LogP contribution in [0.15, 0.2) is 36.5 Å². The molecule has 1 aliphatic heterocycles. The van der Waals surface area contributed by atoms with Crippen molar-refractivity contribution in [3.05, 3.63) is 47.1 Å². The van der Waals surface area contributed by atoms with E-state index < -0.39 is 0 Å². The predicted molar refractivity (Wildman–Crippen MR) is 102 cm³/mol. The Balaban J connectivity index is 1.53. The minimum absolute atomic E-state index is 0.0663. The van der Waals surface area contributed by atoms with Gasteiger partial charge in [0, 0.05) is 35.4 Å². The molecule has 2 amide bonds. The summed E-state index contributed by atoms with van der Waals surface area (Å²) < 4.78 is 2.34. The molecule has 3 aromatic rings. The number of fused-ring (bicyclic) bond motifs is 3. The molecule has 0 radical (unpaired) electrons. The molecule has 0 atom stereocenters. The highest BCUT2D eigenvalue weighted by molar-refractivity contribution is 7.15. The van der Waals surface area contributed by atoms with Gasteiger partial charge in [0.15, 0.2) is 5.13 Å². The fraction of sp³-hybridized carbons (Fsp3) is 0.368. The third-order valence-electron chi connectivity index (χ3n) is 4.65. The van der Waals surface area contributed by atoms with Gasteiger partial charge in [0.2, 0.25) is 0 Å².